The number of carbonyl (C=O) groups excluding carboxylic acids is 3. The van der Waals surface area contributed by atoms with E-state index in [1.165, 1.54) is 24.3 Å². The molecule has 6 rings (SSSR count). The maximum atomic E-state index is 14.1. The topological polar surface area (TPSA) is 163 Å². The van der Waals surface area contributed by atoms with E-state index in [-0.39, 0.29) is 31.0 Å². The molecule has 12 nitrogen and oxygen atoms in total. The van der Waals surface area contributed by atoms with Crippen molar-refractivity contribution in [2.45, 2.75) is 31.4 Å². The summed E-state index contributed by atoms with van der Waals surface area (Å²) in [7, 11) is 0. The van der Waals surface area contributed by atoms with Crippen LogP contribution < -0.4 is 16.0 Å². The Balaban J connectivity index is 1.25. The lowest BCUT2D eigenvalue weighted by atomic mass is 9.90. The normalized spacial score (nSPS) is 17.6. The molecule has 1 fully saturated rings. The van der Waals surface area contributed by atoms with Crippen LogP contribution in [0.2, 0.25) is 5.02 Å². The van der Waals surface area contributed by atoms with Crippen LogP contribution in [0.3, 0.4) is 0 Å². The molecule has 4 amide bonds. The van der Waals surface area contributed by atoms with Gasteiger partial charge in [0, 0.05) is 46.8 Å². The lowest BCUT2D eigenvalue weighted by Gasteiger charge is -2.35. The average Bonchev–Trinajstić information content (AvgIpc) is 3.64. The molecule has 4 N–H and O–H groups in total. The molecule has 0 saturated carbocycles. The highest BCUT2D eigenvalue weighted by Crippen LogP contribution is 2.44. The molecule has 0 unspecified atom stereocenters. The number of rotatable bonds is 7. The fraction of sp³-hybridized carbons (Fsp3) is 0.219. The van der Waals surface area contributed by atoms with Crippen molar-refractivity contribution in [1.82, 2.24) is 15.4 Å². The first-order chi connectivity index (χ1) is 21.6. The molecule has 3 aromatic carbocycles. The maximum absolute atomic E-state index is 14.1. The summed E-state index contributed by atoms with van der Waals surface area (Å²) in [5.41, 5.74) is 4.00. The first-order valence-electron chi connectivity index (χ1n) is 14.1. The second-order valence-electron chi connectivity index (χ2n) is 11.0. The number of likely N-dealkylation sites (tertiary alicyclic amines) is 1. The number of benzene rings is 3. The first kappa shape index (κ1) is 29.7. The third-order valence-electron chi connectivity index (χ3n) is 8.00. The van der Waals surface area contributed by atoms with E-state index in [0.29, 0.717) is 28.4 Å². The minimum atomic E-state index is -1.23. The van der Waals surface area contributed by atoms with Crippen molar-refractivity contribution in [3.05, 3.63) is 100 Å². The Morgan fingerprint density at radius 2 is 1.87 bits per heavy atom. The summed E-state index contributed by atoms with van der Waals surface area (Å²) in [4.78, 5) is 52.5. The van der Waals surface area contributed by atoms with Gasteiger partial charge in [0.25, 0.3) is 5.91 Å². The Morgan fingerprint density at radius 1 is 1.11 bits per heavy atom. The van der Waals surface area contributed by atoms with Gasteiger partial charge in [0.1, 0.15) is 12.3 Å². The SMILES string of the molecule is Cc1nocc1-c1ccc(C[C@H](NC(=O)c2ccc(NC(=O)O)cc2)C(=O)N2CC[C@@]3(C2)OC(=O)Nc2ccc(Cl)cc23)cc1. The van der Waals surface area contributed by atoms with E-state index in [4.69, 9.17) is 26.0 Å². The van der Waals surface area contributed by atoms with E-state index in [1.54, 1.807) is 29.4 Å². The third-order valence-corrected chi connectivity index (χ3v) is 8.23. The zero-order valence-electron chi connectivity index (χ0n) is 24.0. The Labute approximate surface area is 262 Å². The highest BCUT2D eigenvalue weighted by atomic mass is 35.5. The van der Waals surface area contributed by atoms with Gasteiger partial charge >= 0.3 is 12.2 Å². The van der Waals surface area contributed by atoms with Crippen molar-refractivity contribution in [2.24, 2.45) is 0 Å². The van der Waals surface area contributed by atoms with Gasteiger partial charge in [-0.15, -0.1) is 0 Å². The summed E-state index contributed by atoms with van der Waals surface area (Å²) >= 11 is 6.28. The van der Waals surface area contributed by atoms with Gasteiger partial charge < -0.3 is 24.6 Å². The van der Waals surface area contributed by atoms with Crippen molar-refractivity contribution in [3.63, 3.8) is 0 Å². The number of anilines is 2. The molecule has 2 aliphatic rings. The zero-order chi connectivity index (χ0) is 31.7. The van der Waals surface area contributed by atoms with Crippen molar-refractivity contribution < 1.29 is 33.5 Å². The number of hydrogen-bond donors (Lipinski definition) is 4. The van der Waals surface area contributed by atoms with Crippen LogP contribution in [0.25, 0.3) is 11.1 Å². The van der Waals surface area contributed by atoms with Crippen LogP contribution in [0.15, 0.2) is 77.5 Å². The zero-order valence-corrected chi connectivity index (χ0v) is 24.8. The predicted molar refractivity (Wildman–Crippen MR) is 164 cm³/mol. The molecule has 0 radical (unpaired) electrons. The lowest BCUT2D eigenvalue weighted by molar-refractivity contribution is -0.133. The Hall–Kier alpha value is -5.36. The number of aromatic nitrogens is 1. The minimum Gasteiger partial charge on any atom is -0.465 e. The first-order valence-corrected chi connectivity index (χ1v) is 14.5. The van der Waals surface area contributed by atoms with Gasteiger partial charge in [0.2, 0.25) is 5.91 Å². The van der Waals surface area contributed by atoms with Gasteiger partial charge in [0.15, 0.2) is 5.60 Å². The number of nitrogens with one attached hydrogen (secondary N) is 3. The quantitative estimate of drug-likeness (QED) is 0.210. The van der Waals surface area contributed by atoms with E-state index in [1.807, 2.05) is 31.2 Å². The molecule has 1 spiro atoms. The maximum Gasteiger partial charge on any atom is 0.412 e. The number of ether oxygens (including phenoxy) is 1. The van der Waals surface area contributed by atoms with Gasteiger partial charge in [-0.25, -0.2) is 9.59 Å². The monoisotopic (exact) mass is 629 g/mol. The summed E-state index contributed by atoms with van der Waals surface area (Å²) in [5.74, 6) is -0.854. The predicted octanol–water partition coefficient (Wildman–Crippen LogP) is 5.42. The molecule has 3 heterocycles. The number of carboxylic acid groups (broad SMARTS) is 1. The van der Waals surface area contributed by atoms with Crippen molar-refractivity contribution in [2.75, 3.05) is 23.7 Å². The molecule has 1 saturated heterocycles. The van der Waals surface area contributed by atoms with E-state index in [9.17, 15) is 19.2 Å². The van der Waals surface area contributed by atoms with Crippen LogP contribution in [-0.2, 0) is 21.6 Å². The van der Waals surface area contributed by atoms with Crippen LogP contribution in [0.1, 0.15) is 33.6 Å². The summed E-state index contributed by atoms with van der Waals surface area (Å²) < 4.78 is 10.8. The van der Waals surface area contributed by atoms with Crippen LogP contribution in [0.5, 0.6) is 0 Å². The Kier molecular flexibility index (Phi) is 7.90. The summed E-state index contributed by atoms with van der Waals surface area (Å²) in [5, 5.41) is 21.1. The highest BCUT2D eigenvalue weighted by Gasteiger charge is 2.49. The molecule has 2 atom stereocenters. The molecule has 4 aromatic rings. The number of fused-ring (bicyclic) bond motifs is 2. The largest absolute Gasteiger partial charge is 0.465 e. The number of amides is 4. The second-order valence-corrected chi connectivity index (χ2v) is 11.4. The fourth-order valence-electron chi connectivity index (χ4n) is 5.76. The minimum absolute atomic E-state index is 0.0836. The van der Waals surface area contributed by atoms with E-state index in [0.717, 1.165) is 22.4 Å². The third kappa shape index (κ3) is 6.18. The van der Waals surface area contributed by atoms with Crippen LogP contribution in [-0.4, -0.2) is 58.3 Å². The van der Waals surface area contributed by atoms with Crippen molar-refractivity contribution >= 4 is 47.0 Å². The van der Waals surface area contributed by atoms with E-state index >= 15 is 0 Å². The number of halogens is 1. The number of nitrogens with zero attached hydrogens (tertiary/aromatic N) is 2. The Morgan fingerprint density at radius 3 is 2.56 bits per heavy atom. The lowest BCUT2D eigenvalue weighted by Crippen LogP contribution is -2.50. The molecule has 2 aliphatic heterocycles. The van der Waals surface area contributed by atoms with Gasteiger partial charge in [-0.2, -0.15) is 0 Å². The second kappa shape index (κ2) is 12.0. The number of carbonyl (C=O) groups is 4. The fourth-order valence-corrected chi connectivity index (χ4v) is 5.93. The average molecular weight is 630 g/mol. The van der Waals surface area contributed by atoms with Crippen LogP contribution >= 0.6 is 11.6 Å². The molecule has 230 valence electrons. The molecule has 0 aliphatic carbocycles. The highest BCUT2D eigenvalue weighted by molar-refractivity contribution is 6.30. The van der Waals surface area contributed by atoms with Crippen molar-refractivity contribution in [3.8, 4) is 11.1 Å². The van der Waals surface area contributed by atoms with Crippen LogP contribution in [0, 0.1) is 6.92 Å². The van der Waals surface area contributed by atoms with Crippen LogP contribution in [0.4, 0.5) is 21.0 Å². The molecule has 1 aromatic heterocycles. The smallest absolute Gasteiger partial charge is 0.412 e. The van der Waals surface area contributed by atoms with Gasteiger partial charge in [-0.3, -0.25) is 20.2 Å². The summed E-state index contributed by atoms with van der Waals surface area (Å²) in [6, 6.07) is 17.5. The van der Waals surface area contributed by atoms with Gasteiger partial charge in [-0.1, -0.05) is 41.0 Å². The molecule has 0 bridgehead atoms. The van der Waals surface area contributed by atoms with E-state index in [2.05, 4.69) is 21.1 Å². The van der Waals surface area contributed by atoms with Gasteiger partial charge in [0.05, 0.1) is 17.9 Å². The molecule has 13 heteroatoms. The summed E-state index contributed by atoms with van der Waals surface area (Å²) in [6.07, 6.45) is 0.254. The number of hydrogen-bond acceptors (Lipinski definition) is 7. The molecular weight excluding hydrogens is 602 g/mol. The Bertz CT molecular complexity index is 1790. The number of aryl methyl sites for hydroxylation is 1. The van der Waals surface area contributed by atoms with E-state index < -0.39 is 29.7 Å². The molecule has 45 heavy (non-hydrogen) atoms. The summed E-state index contributed by atoms with van der Waals surface area (Å²) in [6.45, 7) is 2.21. The standard InChI is InChI=1S/C32H28ClN5O7/c1-18-24(16-44-37-18)20-4-2-19(3-5-20)14-27(35-28(39)21-6-9-23(10-7-21)34-30(41)42)29(40)38-13-12-32(17-38)25-15-22(33)8-11-26(25)36-31(43)45-32/h2-11,15-16,27,34H,12-14,17H2,1H3,(H,35,39)(H,36,43)(H,41,42)/t27-,32-/m0/s1. The van der Waals surface area contributed by atoms with Crippen molar-refractivity contribution in [1.29, 1.82) is 0 Å². The van der Waals surface area contributed by atoms with Gasteiger partial charge in [-0.05, 0) is 60.5 Å². The molecular formula is C32H28ClN5O7.